The van der Waals surface area contributed by atoms with Gasteiger partial charge in [-0.3, -0.25) is 14.6 Å². The van der Waals surface area contributed by atoms with E-state index in [1.54, 1.807) is 11.3 Å². The fourth-order valence-corrected chi connectivity index (χ4v) is 4.13. The SMILES string of the molecule is NCCN(CCc1ccccc1)CC(=O)N1CCN(Cc2ccsc2)CC1. The van der Waals surface area contributed by atoms with Crippen LogP contribution in [0.3, 0.4) is 0 Å². The van der Waals surface area contributed by atoms with Crippen LogP contribution >= 0.6 is 11.3 Å². The normalized spacial score (nSPS) is 15.4. The van der Waals surface area contributed by atoms with Gasteiger partial charge >= 0.3 is 0 Å². The van der Waals surface area contributed by atoms with Gasteiger partial charge in [-0.1, -0.05) is 30.3 Å². The van der Waals surface area contributed by atoms with Crippen LogP contribution in [0.1, 0.15) is 11.1 Å². The van der Waals surface area contributed by atoms with Gasteiger partial charge in [-0.2, -0.15) is 11.3 Å². The maximum Gasteiger partial charge on any atom is 0.236 e. The predicted octanol–water partition coefficient (Wildman–Crippen LogP) is 1.90. The average Bonchev–Trinajstić information content (AvgIpc) is 3.21. The van der Waals surface area contributed by atoms with E-state index in [1.807, 2.05) is 11.0 Å². The second kappa shape index (κ2) is 10.6. The monoisotopic (exact) mass is 386 g/mol. The molecular formula is C21H30N4OS. The number of piperazine rings is 1. The van der Waals surface area contributed by atoms with Crippen molar-refractivity contribution in [1.29, 1.82) is 0 Å². The first-order valence-corrected chi connectivity index (χ1v) is 10.7. The summed E-state index contributed by atoms with van der Waals surface area (Å²) in [6.07, 6.45) is 0.947. The number of benzene rings is 1. The molecule has 0 aliphatic carbocycles. The molecule has 1 aromatic carbocycles. The third-order valence-electron chi connectivity index (χ3n) is 5.08. The van der Waals surface area contributed by atoms with Gasteiger partial charge < -0.3 is 10.6 Å². The summed E-state index contributed by atoms with van der Waals surface area (Å²) in [5.41, 5.74) is 8.43. The molecule has 0 atom stereocenters. The van der Waals surface area contributed by atoms with Crippen LogP contribution in [0.15, 0.2) is 47.2 Å². The number of amides is 1. The van der Waals surface area contributed by atoms with Crippen molar-refractivity contribution in [2.45, 2.75) is 13.0 Å². The van der Waals surface area contributed by atoms with E-state index in [2.05, 4.69) is 50.9 Å². The largest absolute Gasteiger partial charge is 0.339 e. The van der Waals surface area contributed by atoms with Crippen molar-refractivity contribution in [3.8, 4) is 0 Å². The van der Waals surface area contributed by atoms with Crippen LogP contribution in [0, 0.1) is 0 Å². The number of hydrogen-bond acceptors (Lipinski definition) is 5. The molecule has 1 aliphatic rings. The zero-order valence-electron chi connectivity index (χ0n) is 15.9. The molecule has 1 aliphatic heterocycles. The van der Waals surface area contributed by atoms with Gasteiger partial charge in [0.2, 0.25) is 5.91 Å². The first kappa shape index (κ1) is 20.0. The number of nitrogens with zero attached hydrogens (tertiary/aromatic N) is 3. The summed E-state index contributed by atoms with van der Waals surface area (Å²) in [5, 5.41) is 4.32. The summed E-state index contributed by atoms with van der Waals surface area (Å²) in [6, 6.07) is 12.6. The van der Waals surface area contributed by atoms with Crippen molar-refractivity contribution in [1.82, 2.24) is 14.7 Å². The van der Waals surface area contributed by atoms with Crippen LogP contribution in [0.5, 0.6) is 0 Å². The molecular weight excluding hydrogens is 356 g/mol. The Labute approximate surface area is 166 Å². The van der Waals surface area contributed by atoms with Crippen molar-refractivity contribution in [3.05, 3.63) is 58.3 Å². The molecule has 2 N–H and O–H groups in total. The van der Waals surface area contributed by atoms with Crippen LogP contribution < -0.4 is 5.73 Å². The Hall–Kier alpha value is -1.73. The molecule has 1 fully saturated rings. The highest BCUT2D eigenvalue weighted by Crippen LogP contribution is 2.12. The summed E-state index contributed by atoms with van der Waals surface area (Å²) in [7, 11) is 0. The first-order chi connectivity index (χ1) is 13.2. The maximum atomic E-state index is 12.7. The number of carbonyl (C=O) groups is 1. The smallest absolute Gasteiger partial charge is 0.236 e. The van der Waals surface area contributed by atoms with Crippen LogP contribution in [0.2, 0.25) is 0 Å². The minimum absolute atomic E-state index is 0.228. The van der Waals surface area contributed by atoms with Gasteiger partial charge in [0.25, 0.3) is 0 Å². The summed E-state index contributed by atoms with van der Waals surface area (Å²) in [4.78, 5) is 19.4. The van der Waals surface area contributed by atoms with E-state index in [4.69, 9.17) is 5.73 Å². The number of rotatable bonds is 9. The van der Waals surface area contributed by atoms with E-state index in [1.165, 1.54) is 11.1 Å². The summed E-state index contributed by atoms with van der Waals surface area (Å²) in [6.45, 7) is 7.19. The fraction of sp³-hybridized carbons (Fsp3) is 0.476. The molecule has 0 unspecified atom stereocenters. The topological polar surface area (TPSA) is 52.8 Å². The Kier molecular flexibility index (Phi) is 7.83. The molecule has 0 saturated carbocycles. The second-order valence-corrected chi connectivity index (χ2v) is 7.87. The van der Waals surface area contributed by atoms with Crippen LogP contribution in [-0.2, 0) is 17.8 Å². The van der Waals surface area contributed by atoms with E-state index in [-0.39, 0.29) is 5.91 Å². The molecule has 0 radical (unpaired) electrons. The van der Waals surface area contributed by atoms with E-state index >= 15 is 0 Å². The van der Waals surface area contributed by atoms with Crippen LogP contribution in [0.25, 0.3) is 0 Å². The highest BCUT2D eigenvalue weighted by atomic mass is 32.1. The lowest BCUT2D eigenvalue weighted by Gasteiger charge is -2.35. The van der Waals surface area contributed by atoms with Crippen molar-refractivity contribution in [3.63, 3.8) is 0 Å². The Morgan fingerprint density at radius 2 is 1.81 bits per heavy atom. The number of thiophene rings is 1. The van der Waals surface area contributed by atoms with E-state index in [0.29, 0.717) is 13.1 Å². The van der Waals surface area contributed by atoms with E-state index in [9.17, 15) is 4.79 Å². The molecule has 5 nitrogen and oxygen atoms in total. The Morgan fingerprint density at radius 1 is 1.04 bits per heavy atom. The second-order valence-electron chi connectivity index (χ2n) is 7.09. The molecule has 0 bridgehead atoms. The predicted molar refractivity (Wildman–Crippen MR) is 112 cm³/mol. The van der Waals surface area contributed by atoms with Gasteiger partial charge in [-0.15, -0.1) is 0 Å². The van der Waals surface area contributed by atoms with Crippen molar-refractivity contribution in [2.24, 2.45) is 5.73 Å². The summed E-state index contributed by atoms with van der Waals surface area (Å²) >= 11 is 1.74. The zero-order chi connectivity index (χ0) is 18.9. The average molecular weight is 387 g/mol. The van der Waals surface area contributed by atoms with Gasteiger partial charge in [-0.25, -0.2) is 0 Å². The molecule has 1 saturated heterocycles. The van der Waals surface area contributed by atoms with Gasteiger partial charge in [0.1, 0.15) is 0 Å². The maximum absolute atomic E-state index is 12.7. The van der Waals surface area contributed by atoms with Crippen molar-refractivity contribution in [2.75, 3.05) is 52.4 Å². The van der Waals surface area contributed by atoms with Crippen molar-refractivity contribution >= 4 is 17.2 Å². The third-order valence-corrected chi connectivity index (χ3v) is 5.81. The van der Waals surface area contributed by atoms with E-state index in [0.717, 1.165) is 52.2 Å². The molecule has 146 valence electrons. The highest BCUT2D eigenvalue weighted by molar-refractivity contribution is 7.07. The van der Waals surface area contributed by atoms with E-state index < -0.39 is 0 Å². The molecule has 2 aromatic rings. The first-order valence-electron chi connectivity index (χ1n) is 9.72. The quantitative estimate of drug-likeness (QED) is 0.715. The standard InChI is InChI=1S/C21H30N4OS/c22-8-10-23(9-6-19-4-2-1-3-5-19)17-21(26)25-13-11-24(12-14-25)16-20-7-15-27-18-20/h1-5,7,15,18H,6,8-14,16-17,22H2. The Morgan fingerprint density at radius 3 is 2.48 bits per heavy atom. The van der Waals surface area contributed by atoms with Crippen molar-refractivity contribution < 1.29 is 4.79 Å². The minimum Gasteiger partial charge on any atom is -0.339 e. The molecule has 0 spiro atoms. The third kappa shape index (κ3) is 6.43. The summed E-state index contributed by atoms with van der Waals surface area (Å²) < 4.78 is 0. The molecule has 6 heteroatoms. The highest BCUT2D eigenvalue weighted by Gasteiger charge is 2.22. The Balaban J connectivity index is 1.43. The minimum atomic E-state index is 0.228. The van der Waals surface area contributed by atoms with Gasteiger partial charge in [0, 0.05) is 52.4 Å². The van der Waals surface area contributed by atoms with Gasteiger partial charge in [-0.05, 0) is 34.4 Å². The zero-order valence-corrected chi connectivity index (χ0v) is 16.7. The van der Waals surface area contributed by atoms with Crippen LogP contribution in [-0.4, -0.2) is 73.0 Å². The molecule has 27 heavy (non-hydrogen) atoms. The Bertz CT molecular complexity index is 669. The number of nitrogens with two attached hydrogens (primary N) is 1. The summed E-state index contributed by atoms with van der Waals surface area (Å²) in [5.74, 6) is 0.228. The fourth-order valence-electron chi connectivity index (χ4n) is 3.47. The molecule has 1 aromatic heterocycles. The van der Waals surface area contributed by atoms with Gasteiger partial charge in [0.15, 0.2) is 0 Å². The molecule has 3 rings (SSSR count). The van der Waals surface area contributed by atoms with Gasteiger partial charge in [0.05, 0.1) is 6.54 Å². The molecule has 2 heterocycles. The lowest BCUT2D eigenvalue weighted by Crippen LogP contribution is -2.51. The number of hydrogen-bond donors (Lipinski definition) is 1. The lowest BCUT2D eigenvalue weighted by atomic mass is 10.1. The lowest BCUT2D eigenvalue weighted by molar-refractivity contribution is -0.134. The van der Waals surface area contributed by atoms with Crippen LogP contribution in [0.4, 0.5) is 0 Å². The molecule has 1 amide bonds. The number of carbonyl (C=O) groups excluding carboxylic acids is 1.